The monoisotopic (exact) mass is 318 g/mol. The third kappa shape index (κ3) is 2.52. The Balaban J connectivity index is 1.65. The van der Waals surface area contributed by atoms with Crippen molar-refractivity contribution in [2.24, 2.45) is 4.99 Å². The fourth-order valence-corrected chi connectivity index (χ4v) is 2.46. The van der Waals surface area contributed by atoms with Gasteiger partial charge in [0.25, 0.3) is 5.91 Å². The van der Waals surface area contributed by atoms with Gasteiger partial charge in [0.1, 0.15) is 11.5 Å². The first-order chi connectivity index (χ1) is 11.7. The van der Waals surface area contributed by atoms with Crippen LogP contribution in [0, 0.1) is 0 Å². The second-order valence-corrected chi connectivity index (χ2v) is 5.35. The largest absolute Gasteiger partial charge is 0.345 e. The molecule has 1 aliphatic heterocycles. The summed E-state index contributed by atoms with van der Waals surface area (Å²) in [4.78, 5) is 29.7. The van der Waals surface area contributed by atoms with E-state index >= 15 is 0 Å². The summed E-state index contributed by atoms with van der Waals surface area (Å²) in [6, 6.07) is 11.3. The van der Waals surface area contributed by atoms with E-state index in [1.807, 2.05) is 36.4 Å². The number of nitrogens with zero attached hydrogens (tertiary/aromatic N) is 4. The van der Waals surface area contributed by atoms with Gasteiger partial charge in [-0.05, 0) is 35.9 Å². The summed E-state index contributed by atoms with van der Waals surface area (Å²) < 4.78 is 0. The number of aliphatic imine (C=N–C) groups is 1. The average molecular weight is 318 g/mol. The highest BCUT2D eigenvalue weighted by atomic mass is 16.2. The van der Waals surface area contributed by atoms with E-state index in [9.17, 15) is 4.79 Å². The van der Waals surface area contributed by atoms with Crippen LogP contribution < -0.4 is 5.32 Å². The Morgan fingerprint density at radius 2 is 2.12 bits per heavy atom. The maximum atomic E-state index is 12.4. The van der Waals surface area contributed by atoms with Crippen molar-refractivity contribution < 1.29 is 4.79 Å². The van der Waals surface area contributed by atoms with Crippen LogP contribution in [0.5, 0.6) is 0 Å². The number of carbonyl (C=O) groups is 1. The van der Waals surface area contributed by atoms with E-state index in [-0.39, 0.29) is 5.91 Å². The van der Waals surface area contributed by atoms with Gasteiger partial charge in [-0.1, -0.05) is 12.1 Å². The Hall–Kier alpha value is -3.48. The third-order valence-corrected chi connectivity index (χ3v) is 3.72. The molecule has 0 fully saturated rings. The molecule has 0 spiro atoms. The van der Waals surface area contributed by atoms with Gasteiger partial charge >= 0.3 is 0 Å². The Morgan fingerprint density at radius 1 is 1.21 bits per heavy atom. The lowest BCUT2D eigenvalue weighted by molar-refractivity contribution is -0.121. The number of aromatic nitrogens is 3. The first-order valence-electron chi connectivity index (χ1n) is 7.40. The lowest BCUT2D eigenvalue weighted by atomic mass is 10.1. The number of hydrogen-bond acceptors (Lipinski definition) is 5. The summed E-state index contributed by atoms with van der Waals surface area (Å²) in [5.41, 5.74) is 3.03. The molecule has 2 N–H and O–H groups in total. The van der Waals surface area contributed by atoms with Crippen molar-refractivity contribution >= 4 is 34.8 Å². The molecule has 3 heterocycles. The van der Waals surface area contributed by atoms with Gasteiger partial charge in [-0.2, -0.15) is 0 Å². The Labute approximate surface area is 137 Å². The molecule has 1 aliphatic rings. The van der Waals surface area contributed by atoms with Crippen LogP contribution in [0.25, 0.3) is 17.1 Å². The molecule has 24 heavy (non-hydrogen) atoms. The molecule has 0 aliphatic carbocycles. The van der Waals surface area contributed by atoms with Crippen LogP contribution in [0.1, 0.15) is 5.56 Å². The molecule has 0 saturated heterocycles. The molecule has 0 radical (unpaired) electrons. The van der Waals surface area contributed by atoms with E-state index in [0.717, 1.165) is 16.6 Å². The van der Waals surface area contributed by atoms with Crippen molar-refractivity contribution in [3.05, 3.63) is 60.2 Å². The molecule has 7 heteroatoms. The molecular formula is C17H14N6O. The number of guanidine groups is 1. The van der Waals surface area contributed by atoms with Crippen LogP contribution in [-0.2, 0) is 4.79 Å². The molecule has 0 bridgehead atoms. The van der Waals surface area contributed by atoms with E-state index in [1.165, 1.54) is 4.90 Å². The van der Waals surface area contributed by atoms with E-state index in [1.54, 1.807) is 25.6 Å². The van der Waals surface area contributed by atoms with E-state index in [0.29, 0.717) is 17.5 Å². The summed E-state index contributed by atoms with van der Waals surface area (Å²) >= 11 is 0. The molecular weight excluding hydrogens is 304 g/mol. The van der Waals surface area contributed by atoms with Crippen LogP contribution in [0.4, 0.5) is 5.82 Å². The highest BCUT2D eigenvalue weighted by molar-refractivity contribution is 6.17. The van der Waals surface area contributed by atoms with Gasteiger partial charge in [-0.3, -0.25) is 9.69 Å². The molecule has 0 atom stereocenters. The zero-order valence-corrected chi connectivity index (χ0v) is 12.9. The van der Waals surface area contributed by atoms with Gasteiger partial charge in [0.15, 0.2) is 0 Å². The number of H-pyrrole nitrogens is 1. The number of carbonyl (C=O) groups excluding carboxylic acids is 1. The smallest absolute Gasteiger partial charge is 0.279 e. The zero-order valence-electron chi connectivity index (χ0n) is 12.9. The van der Waals surface area contributed by atoms with Gasteiger partial charge in [-0.15, -0.1) is 0 Å². The highest BCUT2D eigenvalue weighted by Crippen LogP contribution is 2.20. The number of hydrogen-bond donors (Lipinski definition) is 2. The number of likely N-dealkylation sites (N-methyl/N-ethyl adjacent to an activating group) is 1. The molecule has 2 aromatic heterocycles. The second kappa shape index (κ2) is 5.62. The van der Waals surface area contributed by atoms with Crippen molar-refractivity contribution in [1.82, 2.24) is 19.9 Å². The molecule has 4 rings (SSSR count). The number of imidazole rings is 1. The normalized spacial score (nSPS) is 16.0. The van der Waals surface area contributed by atoms with Gasteiger partial charge in [0, 0.05) is 13.2 Å². The predicted molar refractivity (Wildman–Crippen MR) is 92.1 cm³/mol. The van der Waals surface area contributed by atoms with Crippen LogP contribution in [-0.4, -0.2) is 38.8 Å². The second-order valence-electron chi connectivity index (χ2n) is 5.35. The maximum absolute atomic E-state index is 12.4. The van der Waals surface area contributed by atoms with Gasteiger partial charge in [-0.25, -0.2) is 15.0 Å². The highest BCUT2D eigenvalue weighted by Gasteiger charge is 2.27. The van der Waals surface area contributed by atoms with Gasteiger partial charge in [0.05, 0.1) is 17.4 Å². The summed E-state index contributed by atoms with van der Waals surface area (Å²) in [5.74, 6) is 0.913. The lowest BCUT2D eigenvalue weighted by Crippen LogP contribution is -2.32. The number of benzene rings is 1. The Morgan fingerprint density at radius 3 is 2.96 bits per heavy atom. The average Bonchev–Trinajstić information content (AvgIpc) is 3.16. The summed E-state index contributed by atoms with van der Waals surface area (Å²) in [6.07, 6.45) is 5.07. The van der Waals surface area contributed by atoms with Crippen LogP contribution in [0.2, 0.25) is 0 Å². The summed E-state index contributed by atoms with van der Waals surface area (Å²) in [5, 5.41) is 3.05. The quantitative estimate of drug-likeness (QED) is 0.710. The van der Waals surface area contributed by atoms with Crippen molar-refractivity contribution in [2.75, 3.05) is 12.4 Å². The number of fused-ring (bicyclic) bond motifs is 1. The van der Waals surface area contributed by atoms with E-state index in [4.69, 9.17) is 0 Å². The number of pyridine rings is 1. The molecule has 0 unspecified atom stereocenters. The number of amides is 1. The van der Waals surface area contributed by atoms with E-state index < -0.39 is 0 Å². The minimum Gasteiger partial charge on any atom is -0.345 e. The molecule has 118 valence electrons. The van der Waals surface area contributed by atoms with Crippen molar-refractivity contribution in [2.45, 2.75) is 0 Å². The molecule has 7 nitrogen and oxygen atoms in total. The van der Waals surface area contributed by atoms with Crippen molar-refractivity contribution in [1.29, 1.82) is 0 Å². The Kier molecular flexibility index (Phi) is 3.31. The third-order valence-electron chi connectivity index (χ3n) is 3.72. The summed E-state index contributed by atoms with van der Waals surface area (Å²) in [7, 11) is 1.68. The minimum atomic E-state index is -0.171. The maximum Gasteiger partial charge on any atom is 0.279 e. The number of anilines is 1. The first kappa shape index (κ1) is 14.1. The van der Waals surface area contributed by atoms with Crippen LogP contribution in [0.3, 0.4) is 0 Å². The standard InChI is InChI=1S/C17H14N6O/c1-23-16(24)14(21-17(23)22-15-4-2-3-7-18-15)9-11-5-6-12-13(8-11)20-10-19-12/h2-10H,1H3,(H,19,20)(H,18,21,22)/b14-9-. The van der Waals surface area contributed by atoms with Crippen molar-refractivity contribution in [3.63, 3.8) is 0 Å². The predicted octanol–water partition coefficient (Wildman–Crippen LogP) is 2.24. The van der Waals surface area contributed by atoms with Crippen molar-refractivity contribution in [3.8, 4) is 0 Å². The molecule has 1 aromatic carbocycles. The van der Waals surface area contributed by atoms with E-state index in [2.05, 4.69) is 25.3 Å². The Bertz CT molecular complexity index is 973. The topological polar surface area (TPSA) is 86.3 Å². The van der Waals surface area contributed by atoms with Gasteiger partial charge in [0.2, 0.25) is 5.96 Å². The van der Waals surface area contributed by atoms with Crippen LogP contribution in [0.15, 0.2) is 59.6 Å². The summed E-state index contributed by atoms with van der Waals surface area (Å²) in [6.45, 7) is 0. The zero-order chi connectivity index (χ0) is 16.5. The minimum absolute atomic E-state index is 0.171. The first-order valence-corrected chi connectivity index (χ1v) is 7.40. The molecule has 1 amide bonds. The van der Waals surface area contributed by atoms with Gasteiger partial charge < -0.3 is 10.3 Å². The fourth-order valence-electron chi connectivity index (χ4n) is 2.46. The number of nitrogens with one attached hydrogen (secondary N) is 2. The SMILES string of the molecule is CN1C(=O)/C(=C/c2ccc3[nH]cnc3c2)N=C1Nc1ccccn1. The number of aromatic amines is 1. The number of rotatable bonds is 2. The lowest BCUT2D eigenvalue weighted by Gasteiger charge is -2.12. The fraction of sp³-hybridized carbons (Fsp3) is 0.0588. The molecule has 3 aromatic rings. The van der Waals surface area contributed by atoms with Crippen LogP contribution >= 0.6 is 0 Å². The molecule has 0 saturated carbocycles.